The smallest absolute Gasteiger partial charge is 0.413 e. The number of carbonyl (C=O) groups excluding carboxylic acids is 2. The molecule has 0 bridgehead atoms. The van der Waals surface area contributed by atoms with E-state index in [-0.39, 0.29) is 12.4 Å². The van der Waals surface area contributed by atoms with Crippen molar-refractivity contribution < 1.29 is 19.4 Å². The number of ether oxygens (including phenoxy) is 1. The van der Waals surface area contributed by atoms with Gasteiger partial charge in [-0.05, 0) is 17.7 Å². The van der Waals surface area contributed by atoms with E-state index in [0.717, 1.165) is 5.56 Å². The molecule has 1 rings (SSSR count). The minimum Gasteiger partial charge on any atom is -0.508 e. The molecule has 5 nitrogen and oxygen atoms in total. The minimum atomic E-state index is -0.757. The molecule has 16 heavy (non-hydrogen) atoms. The second-order valence-electron chi connectivity index (χ2n) is 3.24. The molecule has 0 saturated heterocycles. The Kier molecular flexibility index (Phi) is 4.32. The molecule has 0 spiro atoms. The molecule has 0 aliphatic rings. The van der Waals surface area contributed by atoms with Gasteiger partial charge >= 0.3 is 6.09 Å². The number of nitrogens with one attached hydrogen (secondary N) is 1. The maximum absolute atomic E-state index is 10.9. The first-order valence-electron chi connectivity index (χ1n) is 4.80. The third-order valence-corrected chi connectivity index (χ3v) is 1.81. The Hall–Kier alpha value is -2.04. The molecule has 1 aromatic carbocycles. The lowest BCUT2D eigenvalue weighted by atomic mass is 10.1. The number of benzene rings is 1. The molecule has 0 heterocycles. The summed E-state index contributed by atoms with van der Waals surface area (Å²) in [6.07, 6.45) is -0.271. The van der Waals surface area contributed by atoms with Crippen molar-refractivity contribution in [2.24, 2.45) is 0 Å². The highest BCUT2D eigenvalue weighted by atomic mass is 16.5. The number of phenols is 1. The van der Waals surface area contributed by atoms with Crippen LogP contribution in [0.3, 0.4) is 0 Å². The molecular formula is C11H13NO4. The largest absolute Gasteiger partial charge is 0.508 e. The van der Waals surface area contributed by atoms with E-state index in [1.165, 1.54) is 6.92 Å². The van der Waals surface area contributed by atoms with Crippen LogP contribution < -0.4 is 5.32 Å². The lowest BCUT2D eigenvalue weighted by Crippen LogP contribution is -2.29. The number of amides is 2. The Labute approximate surface area is 93.0 Å². The van der Waals surface area contributed by atoms with E-state index >= 15 is 0 Å². The van der Waals surface area contributed by atoms with Gasteiger partial charge in [0.25, 0.3) is 0 Å². The van der Waals surface area contributed by atoms with Crippen LogP contribution in [0.25, 0.3) is 0 Å². The monoisotopic (exact) mass is 223 g/mol. The number of rotatable bonds is 3. The second kappa shape index (κ2) is 5.75. The van der Waals surface area contributed by atoms with Crippen molar-refractivity contribution in [2.45, 2.75) is 13.3 Å². The van der Waals surface area contributed by atoms with Crippen LogP contribution in [0.15, 0.2) is 24.3 Å². The molecule has 2 amide bonds. The van der Waals surface area contributed by atoms with Gasteiger partial charge in [-0.2, -0.15) is 0 Å². The highest BCUT2D eigenvalue weighted by Gasteiger charge is 2.03. The summed E-state index contributed by atoms with van der Waals surface area (Å²) in [5, 5.41) is 11.2. The fourth-order valence-corrected chi connectivity index (χ4v) is 1.15. The van der Waals surface area contributed by atoms with E-state index in [2.05, 4.69) is 0 Å². The van der Waals surface area contributed by atoms with Crippen LogP contribution in [0.1, 0.15) is 12.5 Å². The first kappa shape index (κ1) is 12.0. The van der Waals surface area contributed by atoms with E-state index in [1.807, 2.05) is 11.4 Å². The zero-order chi connectivity index (χ0) is 12.0. The molecule has 0 aliphatic heterocycles. The van der Waals surface area contributed by atoms with Crippen LogP contribution >= 0.6 is 0 Å². The predicted molar refractivity (Wildman–Crippen MR) is 57.0 cm³/mol. The Bertz CT molecular complexity index is 389. The van der Waals surface area contributed by atoms with Gasteiger partial charge in [-0.15, -0.1) is 0 Å². The van der Waals surface area contributed by atoms with Crippen molar-refractivity contribution in [1.82, 2.24) is 5.32 Å². The van der Waals surface area contributed by atoms with Gasteiger partial charge in [-0.3, -0.25) is 10.1 Å². The summed E-state index contributed by atoms with van der Waals surface area (Å²) < 4.78 is 4.74. The van der Waals surface area contributed by atoms with Crippen LogP contribution in [0.5, 0.6) is 5.75 Å². The summed E-state index contributed by atoms with van der Waals surface area (Å²) in [7, 11) is 0. The Balaban J connectivity index is 2.30. The van der Waals surface area contributed by atoms with Crippen molar-refractivity contribution in [3.8, 4) is 5.75 Å². The van der Waals surface area contributed by atoms with Gasteiger partial charge < -0.3 is 9.84 Å². The molecule has 1 aromatic rings. The zero-order valence-electron chi connectivity index (χ0n) is 8.90. The first-order valence-corrected chi connectivity index (χ1v) is 4.80. The van der Waals surface area contributed by atoms with Gasteiger partial charge in [0.15, 0.2) is 0 Å². The molecule has 86 valence electrons. The topological polar surface area (TPSA) is 75.6 Å². The average molecular weight is 223 g/mol. The van der Waals surface area contributed by atoms with Crippen molar-refractivity contribution in [3.63, 3.8) is 0 Å². The molecule has 5 heteroatoms. The van der Waals surface area contributed by atoms with Crippen molar-refractivity contribution in [2.75, 3.05) is 6.61 Å². The number of carbonyl (C=O) groups is 2. The number of aromatic hydroxyl groups is 1. The maximum atomic E-state index is 10.9. The molecule has 2 N–H and O–H groups in total. The number of hydrogen-bond donors (Lipinski definition) is 2. The van der Waals surface area contributed by atoms with E-state index in [9.17, 15) is 14.7 Å². The Morgan fingerprint density at radius 1 is 1.44 bits per heavy atom. The van der Waals surface area contributed by atoms with Crippen LogP contribution in [0, 0.1) is 0 Å². The summed E-state index contributed by atoms with van der Waals surface area (Å²) in [6, 6.07) is 6.67. The third-order valence-electron chi connectivity index (χ3n) is 1.81. The average Bonchev–Trinajstić information content (AvgIpc) is 2.16. The lowest BCUT2D eigenvalue weighted by molar-refractivity contribution is -0.118. The highest BCUT2D eigenvalue weighted by molar-refractivity contribution is 5.90. The van der Waals surface area contributed by atoms with Crippen molar-refractivity contribution in [1.29, 1.82) is 0 Å². The fourth-order valence-electron chi connectivity index (χ4n) is 1.15. The minimum absolute atomic E-state index is 0.155. The molecule has 0 aromatic heterocycles. The fraction of sp³-hybridized carbons (Fsp3) is 0.273. The molecule has 0 fully saturated rings. The first-order chi connectivity index (χ1) is 7.58. The molecule has 0 radical (unpaired) electrons. The summed E-state index contributed by atoms with van der Waals surface area (Å²) in [5.41, 5.74) is 0.857. The molecule has 0 unspecified atom stereocenters. The molecule has 0 saturated carbocycles. The van der Waals surface area contributed by atoms with E-state index in [4.69, 9.17) is 4.74 Å². The molecular weight excluding hydrogens is 210 g/mol. The summed E-state index contributed by atoms with van der Waals surface area (Å²) >= 11 is 0. The number of alkyl carbamates (subject to hydrolysis) is 1. The Morgan fingerprint density at radius 2 is 2.19 bits per heavy atom. The number of imide groups is 1. The van der Waals surface area contributed by atoms with Gasteiger partial charge in [-0.25, -0.2) is 4.79 Å². The zero-order valence-corrected chi connectivity index (χ0v) is 8.90. The maximum Gasteiger partial charge on any atom is 0.413 e. The lowest BCUT2D eigenvalue weighted by Gasteiger charge is -2.04. The molecule has 0 atom stereocenters. The Morgan fingerprint density at radius 3 is 2.81 bits per heavy atom. The predicted octanol–water partition coefficient (Wildman–Crippen LogP) is 1.21. The van der Waals surface area contributed by atoms with Gasteiger partial charge in [0.1, 0.15) is 5.75 Å². The van der Waals surface area contributed by atoms with Crippen LogP contribution in [-0.4, -0.2) is 23.7 Å². The normalized spacial score (nSPS) is 9.56. The quantitative estimate of drug-likeness (QED) is 0.807. The molecule has 0 aliphatic carbocycles. The van der Waals surface area contributed by atoms with E-state index < -0.39 is 12.0 Å². The van der Waals surface area contributed by atoms with Crippen LogP contribution in [-0.2, 0) is 16.0 Å². The van der Waals surface area contributed by atoms with Crippen molar-refractivity contribution in [3.05, 3.63) is 29.8 Å². The number of phenolic OH excluding ortho intramolecular Hbond substituents is 1. The summed E-state index contributed by atoms with van der Waals surface area (Å²) in [5.74, 6) is -0.284. The highest BCUT2D eigenvalue weighted by Crippen LogP contribution is 2.11. The van der Waals surface area contributed by atoms with Gasteiger partial charge in [0.05, 0.1) is 6.61 Å². The summed E-state index contributed by atoms with van der Waals surface area (Å²) in [4.78, 5) is 21.4. The number of hydrogen-bond acceptors (Lipinski definition) is 4. The standard InChI is InChI=1S/C11H13NO4/c1-8(13)12-11(15)16-6-5-9-3-2-4-10(14)7-9/h2-4,7,14H,5-6H2,1H3,(H,12,13,15). The van der Waals surface area contributed by atoms with Crippen LogP contribution in [0.4, 0.5) is 4.79 Å². The third kappa shape index (κ3) is 4.45. The van der Waals surface area contributed by atoms with E-state index in [0.29, 0.717) is 6.42 Å². The van der Waals surface area contributed by atoms with Gasteiger partial charge in [0.2, 0.25) is 5.91 Å². The van der Waals surface area contributed by atoms with Gasteiger partial charge in [0, 0.05) is 13.3 Å². The van der Waals surface area contributed by atoms with Crippen LogP contribution in [0.2, 0.25) is 0 Å². The van der Waals surface area contributed by atoms with Gasteiger partial charge in [-0.1, -0.05) is 12.1 Å². The second-order valence-corrected chi connectivity index (χ2v) is 3.24. The summed E-state index contributed by atoms with van der Waals surface area (Å²) in [6.45, 7) is 1.39. The van der Waals surface area contributed by atoms with Crippen molar-refractivity contribution >= 4 is 12.0 Å². The van der Waals surface area contributed by atoms with E-state index in [1.54, 1.807) is 18.2 Å². The SMILES string of the molecule is CC(=O)NC(=O)OCCc1cccc(O)c1.